The van der Waals surface area contributed by atoms with E-state index in [9.17, 15) is 0 Å². The Labute approximate surface area is 301 Å². The Bertz CT molecular complexity index is 3030. The Morgan fingerprint density at radius 3 is 2.04 bits per heavy atom. The van der Waals surface area contributed by atoms with Crippen LogP contribution in [0.2, 0.25) is 0 Å². The zero-order chi connectivity index (χ0) is 34.6. The monoisotopic (exact) mass is 666 g/mol. The van der Waals surface area contributed by atoms with Gasteiger partial charge in [0.1, 0.15) is 11.2 Å². The van der Waals surface area contributed by atoms with E-state index in [0.29, 0.717) is 0 Å². The average Bonchev–Trinajstić information content (AvgIpc) is 3.74. The van der Waals surface area contributed by atoms with Crippen molar-refractivity contribution in [2.45, 2.75) is 19.3 Å². The lowest BCUT2D eigenvalue weighted by Gasteiger charge is -2.36. The molecule has 2 aromatic heterocycles. The molecule has 8 aromatic carbocycles. The minimum absolute atomic E-state index is 0.291. The number of hydrogen-bond donors (Lipinski definition) is 0. The van der Waals surface area contributed by atoms with Crippen LogP contribution in [-0.2, 0) is 5.41 Å². The van der Waals surface area contributed by atoms with Gasteiger partial charge in [0.05, 0.1) is 22.1 Å². The Morgan fingerprint density at radius 2 is 1.19 bits per heavy atom. The first-order chi connectivity index (χ1) is 25.6. The van der Waals surface area contributed by atoms with Crippen molar-refractivity contribution in [2.24, 2.45) is 0 Å². The lowest BCUT2D eigenvalue weighted by molar-refractivity contribution is 0.630. The summed E-state index contributed by atoms with van der Waals surface area (Å²) in [5, 5.41) is 7.26. The number of benzene rings is 8. The fraction of sp³-hybridized carbons (Fsp3) is 0.0612. The number of aromatic nitrogens is 1. The van der Waals surface area contributed by atoms with Crippen molar-refractivity contribution in [1.82, 2.24) is 4.57 Å². The third-order valence-corrected chi connectivity index (χ3v) is 11.3. The maximum absolute atomic E-state index is 6.65. The minimum atomic E-state index is -0.291. The van der Waals surface area contributed by atoms with Gasteiger partial charge >= 0.3 is 0 Å². The van der Waals surface area contributed by atoms with E-state index in [2.05, 4.69) is 193 Å². The molecule has 0 amide bonds. The van der Waals surface area contributed by atoms with Crippen LogP contribution in [0.5, 0.6) is 0 Å². The summed E-state index contributed by atoms with van der Waals surface area (Å²) in [6, 6.07) is 61.6. The van der Waals surface area contributed by atoms with E-state index in [0.717, 1.165) is 33.6 Å². The van der Waals surface area contributed by atoms with Crippen molar-refractivity contribution in [3.8, 4) is 16.8 Å². The van der Waals surface area contributed by atoms with Gasteiger partial charge in [-0.25, -0.2) is 0 Å². The largest absolute Gasteiger partial charge is 0.455 e. The molecule has 11 rings (SSSR count). The Kier molecular flexibility index (Phi) is 6.01. The van der Waals surface area contributed by atoms with E-state index in [1.807, 2.05) is 0 Å². The molecule has 3 nitrogen and oxygen atoms in total. The molecule has 1 aliphatic rings. The van der Waals surface area contributed by atoms with Crippen LogP contribution >= 0.6 is 0 Å². The highest BCUT2D eigenvalue weighted by Gasteiger charge is 2.37. The van der Waals surface area contributed by atoms with Crippen molar-refractivity contribution in [3.05, 3.63) is 181 Å². The van der Waals surface area contributed by atoms with Gasteiger partial charge in [-0.3, -0.25) is 0 Å². The standard InChI is InChI=1S/C49H34N2O/c1-49(2)41-29-35(50(33-15-4-3-5-16-33)34-25-23-32(24-26-34)37-20-12-14-31-13-6-7-17-36(31)37)27-28-44(41)51-43-21-10-8-19-39(43)46-47(51)42(49)30-40-38-18-9-11-22-45(38)52-48(40)46/h3-30H,1-2H3. The van der Waals surface area contributed by atoms with Crippen LogP contribution in [0.1, 0.15) is 25.0 Å². The maximum atomic E-state index is 6.65. The number of anilines is 3. The second-order valence-corrected chi connectivity index (χ2v) is 14.5. The van der Waals surface area contributed by atoms with Crippen LogP contribution in [-0.4, -0.2) is 4.57 Å². The van der Waals surface area contributed by atoms with Crippen molar-refractivity contribution in [1.29, 1.82) is 0 Å². The van der Waals surface area contributed by atoms with Crippen LogP contribution in [0.3, 0.4) is 0 Å². The molecule has 0 bridgehead atoms. The quantitative estimate of drug-likeness (QED) is 0.186. The van der Waals surface area contributed by atoms with Gasteiger partial charge < -0.3 is 13.9 Å². The topological polar surface area (TPSA) is 21.3 Å². The van der Waals surface area contributed by atoms with Gasteiger partial charge in [-0.15, -0.1) is 0 Å². The molecule has 10 aromatic rings. The number of hydrogen-bond acceptors (Lipinski definition) is 2. The highest BCUT2D eigenvalue weighted by molar-refractivity contribution is 6.25. The van der Waals surface area contributed by atoms with Crippen LogP contribution in [0.4, 0.5) is 17.1 Å². The molecule has 0 N–H and O–H groups in total. The van der Waals surface area contributed by atoms with E-state index in [1.54, 1.807) is 0 Å². The van der Waals surface area contributed by atoms with Gasteiger partial charge in [0.2, 0.25) is 0 Å². The van der Waals surface area contributed by atoms with E-state index >= 15 is 0 Å². The summed E-state index contributed by atoms with van der Waals surface area (Å²) in [5.41, 5.74) is 13.7. The molecule has 0 saturated carbocycles. The molecular weight excluding hydrogens is 633 g/mol. The predicted octanol–water partition coefficient (Wildman–Crippen LogP) is 13.6. The van der Waals surface area contributed by atoms with Crippen LogP contribution < -0.4 is 4.90 Å². The van der Waals surface area contributed by atoms with Crippen molar-refractivity contribution in [2.75, 3.05) is 4.90 Å². The van der Waals surface area contributed by atoms with Gasteiger partial charge in [0, 0.05) is 38.6 Å². The second-order valence-electron chi connectivity index (χ2n) is 14.5. The van der Waals surface area contributed by atoms with E-state index < -0.39 is 0 Å². The van der Waals surface area contributed by atoms with E-state index in [4.69, 9.17) is 4.42 Å². The Hall–Kier alpha value is -6.58. The first kappa shape index (κ1) is 29.2. The highest BCUT2D eigenvalue weighted by Crippen LogP contribution is 2.52. The molecule has 0 spiro atoms. The summed E-state index contributed by atoms with van der Waals surface area (Å²) >= 11 is 0. The van der Waals surface area contributed by atoms with Gasteiger partial charge in [0.25, 0.3) is 0 Å². The van der Waals surface area contributed by atoms with Crippen molar-refractivity contribution in [3.63, 3.8) is 0 Å². The number of rotatable bonds is 4. The second kappa shape index (κ2) is 10.7. The fourth-order valence-corrected chi connectivity index (χ4v) is 8.85. The first-order valence-corrected chi connectivity index (χ1v) is 18.0. The third kappa shape index (κ3) is 4.02. The van der Waals surface area contributed by atoms with Gasteiger partial charge in [-0.2, -0.15) is 0 Å². The first-order valence-electron chi connectivity index (χ1n) is 18.0. The highest BCUT2D eigenvalue weighted by atomic mass is 16.3. The lowest BCUT2D eigenvalue weighted by atomic mass is 9.74. The summed E-state index contributed by atoms with van der Waals surface area (Å²) in [4.78, 5) is 2.38. The lowest BCUT2D eigenvalue weighted by Crippen LogP contribution is -2.27. The zero-order valence-corrected chi connectivity index (χ0v) is 29.0. The summed E-state index contributed by atoms with van der Waals surface area (Å²) in [5.74, 6) is 0. The van der Waals surface area contributed by atoms with Crippen LogP contribution in [0.25, 0.3) is 71.3 Å². The van der Waals surface area contributed by atoms with Gasteiger partial charge in [-0.1, -0.05) is 123 Å². The van der Waals surface area contributed by atoms with Crippen molar-refractivity contribution < 1.29 is 4.42 Å². The molecule has 246 valence electrons. The molecule has 0 atom stereocenters. The Balaban J connectivity index is 1.12. The van der Waals surface area contributed by atoms with Crippen LogP contribution in [0.15, 0.2) is 174 Å². The normalized spacial score (nSPS) is 13.3. The molecule has 3 heterocycles. The minimum Gasteiger partial charge on any atom is -0.455 e. The average molecular weight is 667 g/mol. The SMILES string of the molecule is CC1(C)c2cc(N(c3ccccc3)c3ccc(-c4cccc5ccccc45)cc3)ccc2-n2c3ccccc3c3c4oc5ccccc5c4cc1c32. The van der Waals surface area contributed by atoms with E-state index in [1.165, 1.54) is 65.9 Å². The molecular formula is C49H34N2O. The summed E-state index contributed by atoms with van der Waals surface area (Å²) in [7, 11) is 0. The molecule has 3 heteroatoms. The number of fused-ring (bicyclic) bond motifs is 10. The number of para-hydroxylation sites is 3. The molecule has 0 fully saturated rings. The number of nitrogens with zero attached hydrogens (tertiary/aromatic N) is 2. The Morgan fingerprint density at radius 1 is 0.519 bits per heavy atom. The molecule has 0 unspecified atom stereocenters. The molecule has 0 aliphatic carbocycles. The van der Waals surface area contributed by atoms with Gasteiger partial charge in [-0.05, 0) is 93.7 Å². The predicted molar refractivity (Wildman–Crippen MR) is 218 cm³/mol. The van der Waals surface area contributed by atoms with E-state index in [-0.39, 0.29) is 5.41 Å². The van der Waals surface area contributed by atoms with Crippen molar-refractivity contribution >= 4 is 71.6 Å². The summed E-state index contributed by atoms with van der Waals surface area (Å²) < 4.78 is 9.13. The summed E-state index contributed by atoms with van der Waals surface area (Å²) in [6.07, 6.45) is 0. The molecule has 1 aliphatic heterocycles. The molecule has 52 heavy (non-hydrogen) atoms. The fourth-order valence-electron chi connectivity index (χ4n) is 8.85. The smallest absolute Gasteiger partial charge is 0.145 e. The zero-order valence-electron chi connectivity index (χ0n) is 29.0. The number of furan rings is 1. The van der Waals surface area contributed by atoms with Gasteiger partial charge in [0.15, 0.2) is 0 Å². The summed E-state index contributed by atoms with van der Waals surface area (Å²) in [6.45, 7) is 4.76. The molecule has 0 radical (unpaired) electrons. The maximum Gasteiger partial charge on any atom is 0.145 e. The molecule has 0 saturated heterocycles. The van der Waals surface area contributed by atoms with Crippen LogP contribution in [0, 0.1) is 0 Å². The third-order valence-electron chi connectivity index (χ3n) is 11.3.